The summed E-state index contributed by atoms with van der Waals surface area (Å²) in [6.07, 6.45) is 0. The van der Waals surface area contributed by atoms with Crippen LogP contribution in [0, 0.1) is 0 Å². The Hall–Kier alpha value is -3.56. The van der Waals surface area contributed by atoms with E-state index in [9.17, 15) is 13.2 Å². The molecule has 0 atom stereocenters. The standard InChI is InChI=1S/C23H23N3O5S/c1-26(32(28,29)18-9-10-19-20(13-18)25-23(27)24-19)14-17-8-11-21(22(12-17)30-2)31-15-16-6-4-3-5-7-16/h3-13H,14-15H2,1-2H3,(H2,24,25,27). The summed E-state index contributed by atoms with van der Waals surface area (Å²) >= 11 is 0. The zero-order chi connectivity index (χ0) is 22.7. The first-order chi connectivity index (χ1) is 15.4. The van der Waals surface area contributed by atoms with Gasteiger partial charge in [-0.25, -0.2) is 13.2 Å². The van der Waals surface area contributed by atoms with Crippen molar-refractivity contribution in [3.8, 4) is 11.5 Å². The summed E-state index contributed by atoms with van der Waals surface area (Å²) in [4.78, 5) is 16.7. The number of aromatic nitrogens is 2. The molecule has 8 nitrogen and oxygen atoms in total. The number of benzene rings is 3. The lowest BCUT2D eigenvalue weighted by atomic mass is 10.2. The number of sulfonamides is 1. The van der Waals surface area contributed by atoms with Crippen molar-refractivity contribution in [2.24, 2.45) is 0 Å². The van der Waals surface area contributed by atoms with Crippen molar-refractivity contribution in [2.75, 3.05) is 14.2 Å². The molecule has 0 fully saturated rings. The molecular formula is C23H23N3O5S. The average molecular weight is 454 g/mol. The second-order valence-corrected chi connectivity index (χ2v) is 9.35. The van der Waals surface area contributed by atoms with Crippen LogP contribution in [0.25, 0.3) is 11.0 Å². The lowest BCUT2D eigenvalue weighted by molar-refractivity contribution is 0.284. The molecule has 0 aliphatic rings. The number of hydrogen-bond acceptors (Lipinski definition) is 5. The number of ether oxygens (including phenoxy) is 2. The van der Waals surface area contributed by atoms with Gasteiger partial charge in [0, 0.05) is 13.6 Å². The molecule has 1 aromatic heterocycles. The van der Waals surface area contributed by atoms with Gasteiger partial charge in [-0.3, -0.25) is 0 Å². The van der Waals surface area contributed by atoms with Crippen molar-refractivity contribution in [1.29, 1.82) is 0 Å². The summed E-state index contributed by atoms with van der Waals surface area (Å²) in [5, 5.41) is 0. The number of aromatic amines is 2. The van der Waals surface area contributed by atoms with Gasteiger partial charge in [0.05, 0.1) is 23.0 Å². The number of hydrogen-bond donors (Lipinski definition) is 2. The Kier molecular flexibility index (Phi) is 6.02. The minimum atomic E-state index is -3.77. The molecule has 0 amide bonds. The lowest BCUT2D eigenvalue weighted by Crippen LogP contribution is -2.26. The predicted octanol–water partition coefficient (Wildman–Crippen LogP) is 3.26. The number of imidazole rings is 1. The molecule has 32 heavy (non-hydrogen) atoms. The van der Waals surface area contributed by atoms with Crippen LogP contribution < -0.4 is 15.2 Å². The fourth-order valence-electron chi connectivity index (χ4n) is 3.36. The van der Waals surface area contributed by atoms with Gasteiger partial charge in [-0.2, -0.15) is 4.31 Å². The number of H-pyrrole nitrogens is 2. The number of fused-ring (bicyclic) bond motifs is 1. The maximum Gasteiger partial charge on any atom is 0.323 e. The quantitative estimate of drug-likeness (QED) is 0.426. The molecule has 0 bridgehead atoms. The molecule has 4 rings (SSSR count). The van der Waals surface area contributed by atoms with Crippen LogP contribution in [0.3, 0.4) is 0 Å². The van der Waals surface area contributed by atoms with E-state index >= 15 is 0 Å². The first-order valence-electron chi connectivity index (χ1n) is 9.89. The second kappa shape index (κ2) is 8.89. The van der Waals surface area contributed by atoms with Gasteiger partial charge in [0.25, 0.3) is 0 Å². The highest BCUT2D eigenvalue weighted by Gasteiger charge is 2.22. The van der Waals surface area contributed by atoms with Gasteiger partial charge < -0.3 is 19.4 Å². The minimum Gasteiger partial charge on any atom is -0.493 e. The smallest absolute Gasteiger partial charge is 0.323 e. The van der Waals surface area contributed by atoms with Crippen LogP contribution in [0.5, 0.6) is 11.5 Å². The second-order valence-electron chi connectivity index (χ2n) is 7.31. The van der Waals surface area contributed by atoms with E-state index in [0.717, 1.165) is 11.1 Å². The van der Waals surface area contributed by atoms with E-state index in [1.54, 1.807) is 25.3 Å². The normalized spacial score (nSPS) is 11.7. The first-order valence-corrected chi connectivity index (χ1v) is 11.3. The van der Waals surface area contributed by atoms with E-state index in [2.05, 4.69) is 9.97 Å². The third-order valence-electron chi connectivity index (χ3n) is 5.07. The summed E-state index contributed by atoms with van der Waals surface area (Å²) in [6.45, 7) is 0.536. The lowest BCUT2D eigenvalue weighted by Gasteiger charge is -2.18. The summed E-state index contributed by atoms with van der Waals surface area (Å²) in [7, 11) is -0.721. The van der Waals surface area contributed by atoms with E-state index in [1.165, 1.54) is 23.5 Å². The van der Waals surface area contributed by atoms with Gasteiger partial charge in [-0.15, -0.1) is 0 Å². The predicted molar refractivity (Wildman–Crippen MR) is 121 cm³/mol. The van der Waals surface area contributed by atoms with Gasteiger partial charge in [-0.1, -0.05) is 36.4 Å². The maximum atomic E-state index is 13.0. The van der Waals surface area contributed by atoms with Crippen molar-refractivity contribution >= 4 is 21.1 Å². The number of methoxy groups -OCH3 is 1. The van der Waals surface area contributed by atoms with Crippen molar-refractivity contribution in [2.45, 2.75) is 18.0 Å². The highest BCUT2D eigenvalue weighted by Crippen LogP contribution is 2.30. The average Bonchev–Trinajstić information content (AvgIpc) is 3.18. The number of nitrogens with zero attached hydrogens (tertiary/aromatic N) is 1. The summed E-state index contributed by atoms with van der Waals surface area (Å²) in [6, 6.07) is 19.6. The topological polar surface area (TPSA) is 104 Å². The SMILES string of the molecule is COc1cc(CN(C)S(=O)(=O)c2ccc3[nH]c(=O)[nH]c3c2)ccc1OCc1ccccc1. The van der Waals surface area contributed by atoms with Crippen LogP contribution in [0.2, 0.25) is 0 Å². The monoisotopic (exact) mass is 453 g/mol. The van der Waals surface area contributed by atoms with Crippen LogP contribution in [-0.2, 0) is 23.2 Å². The summed E-state index contributed by atoms with van der Waals surface area (Å²) in [5.74, 6) is 1.10. The third kappa shape index (κ3) is 4.53. The molecule has 0 unspecified atom stereocenters. The van der Waals surface area contributed by atoms with Crippen molar-refractivity contribution in [3.63, 3.8) is 0 Å². The van der Waals surface area contributed by atoms with Gasteiger partial charge in [0.2, 0.25) is 10.0 Å². The zero-order valence-electron chi connectivity index (χ0n) is 17.7. The molecule has 4 aromatic rings. The summed E-state index contributed by atoms with van der Waals surface area (Å²) < 4.78 is 38.6. The highest BCUT2D eigenvalue weighted by atomic mass is 32.2. The van der Waals surface area contributed by atoms with E-state index in [-0.39, 0.29) is 17.1 Å². The molecule has 0 aliphatic heterocycles. The Morgan fingerprint density at radius 1 is 0.875 bits per heavy atom. The molecule has 0 saturated heterocycles. The Balaban J connectivity index is 1.51. The van der Waals surface area contributed by atoms with Crippen molar-refractivity contribution in [3.05, 3.63) is 88.3 Å². The summed E-state index contributed by atoms with van der Waals surface area (Å²) in [5.41, 5.74) is 2.38. The zero-order valence-corrected chi connectivity index (χ0v) is 18.5. The maximum absolute atomic E-state index is 13.0. The molecule has 0 radical (unpaired) electrons. The van der Waals surface area contributed by atoms with E-state index in [4.69, 9.17) is 9.47 Å². The molecule has 0 saturated carbocycles. The number of rotatable bonds is 8. The molecule has 2 N–H and O–H groups in total. The fourth-order valence-corrected chi connectivity index (χ4v) is 4.54. The Morgan fingerprint density at radius 2 is 1.62 bits per heavy atom. The van der Waals surface area contributed by atoms with Crippen LogP contribution in [0.15, 0.2) is 76.4 Å². The molecule has 9 heteroatoms. The Labute approximate surface area is 185 Å². The molecule has 0 aliphatic carbocycles. The van der Waals surface area contributed by atoms with E-state index in [0.29, 0.717) is 29.1 Å². The first kappa shape index (κ1) is 21.7. The number of nitrogens with one attached hydrogen (secondary N) is 2. The van der Waals surface area contributed by atoms with Gasteiger partial charge >= 0.3 is 5.69 Å². The fraction of sp³-hybridized carbons (Fsp3) is 0.174. The van der Waals surface area contributed by atoms with E-state index < -0.39 is 10.0 Å². The van der Waals surface area contributed by atoms with E-state index in [1.807, 2.05) is 36.4 Å². The van der Waals surface area contributed by atoms with Gasteiger partial charge in [-0.05, 0) is 41.5 Å². The molecular weight excluding hydrogens is 430 g/mol. The Morgan fingerprint density at radius 3 is 2.38 bits per heavy atom. The minimum absolute atomic E-state index is 0.0949. The third-order valence-corrected chi connectivity index (χ3v) is 6.87. The van der Waals surface area contributed by atoms with Crippen LogP contribution in [0.4, 0.5) is 0 Å². The van der Waals surface area contributed by atoms with Crippen LogP contribution >= 0.6 is 0 Å². The molecule has 3 aromatic carbocycles. The van der Waals surface area contributed by atoms with Crippen molar-refractivity contribution < 1.29 is 17.9 Å². The molecule has 166 valence electrons. The molecule has 0 spiro atoms. The van der Waals surface area contributed by atoms with Gasteiger partial charge in [0.15, 0.2) is 11.5 Å². The molecule has 1 heterocycles. The van der Waals surface area contributed by atoms with Crippen LogP contribution in [-0.4, -0.2) is 36.8 Å². The van der Waals surface area contributed by atoms with Crippen LogP contribution in [0.1, 0.15) is 11.1 Å². The Bertz CT molecular complexity index is 1390. The van der Waals surface area contributed by atoms with Crippen molar-refractivity contribution in [1.82, 2.24) is 14.3 Å². The highest BCUT2D eigenvalue weighted by molar-refractivity contribution is 7.89. The van der Waals surface area contributed by atoms with Gasteiger partial charge in [0.1, 0.15) is 6.61 Å². The largest absolute Gasteiger partial charge is 0.493 e.